The number of rotatable bonds is 0. The molecular weight excluding hydrogens is 154 g/mol. The summed E-state index contributed by atoms with van der Waals surface area (Å²) in [6, 6.07) is 0. The first-order valence-electron chi connectivity index (χ1n) is 3.04. The molecule has 1 fully saturated rings. The van der Waals surface area contributed by atoms with Crippen molar-refractivity contribution in [3.05, 3.63) is 0 Å². The Labute approximate surface area is 62.0 Å². The first kappa shape index (κ1) is 7.74. The Hall–Kier alpha value is 0.640. The van der Waals surface area contributed by atoms with Gasteiger partial charge in [0.05, 0.1) is 19.8 Å². The van der Waals surface area contributed by atoms with Crippen LogP contribution in [0.4, 0.5) is 0 Å². The van der Waals surface area contributed by atoms with Crippen molar-refractivity contribution >= 4 is 18.2 Å². The Balaban J connectivity index is 2.66. The molecule has 0 unspecified atom stereocenters. The second kappa shape index (κ2) is 2.35. The molecule has 0 aromatic rings. The molecule has 0 atom stereocenters. The summed E-state index contributed by atoms with van der Waals surface area (Å²) >= 11 is 6.23. The Morgan fingerprint density at radius 3 is 1.67 bits per heavy atom. The quantitative estimate of drug-likeness (QED) is 0.505. The van der Waals surface area contributed by atoms with Gasteiger partial charge in [0.15, 0.2) is 0 Å². The third-order valence-corrected chi connectivity index (χ3v) is 6.43. The third-order valence-electron chi connectivity index (χ3n) is 1.99. The van der Waals surface area contributed by atoms with Crippen LogP contribution >= 0.6 is 18.2 Å². The number of halogens is 1. The van der Waals surface area contributed by atoms with Crippen molar-refractivity contribution in [2.24, 2.45) is 0 Å². The average Bonchev–Trinajstić information content (AvgIpc) is 1.96. The van der Waals surface area contributed by atoms with Gasteiger partial charge in [-0.1, -0.05) is 0 Å². The largest absolute Gasteiger partial charge is 0.250 e. The lowest BCUT2D eigenvalue weighted by Crippen LogP contribution is -2.13. The van der Waals surface area contributed by atoms with E-state index in [1.54, 1.807) is 0 Å². The maximum Gasteiger partial charge on any atom is 0.250 e. The molecule has 0 aromatic carbocycles. The summed E-state index contributed by atoms with van der Waals surface area (Å²) in [5.74, 6) is 0. The molecule has 1 saturated heterocycles. The molecule has 1 rings (SSSR count). The lowest BCUT2D eigenvalue weighted by atomic mass is 10.6. The van der Waals surface area contributed by atoms with E-state index < -0.39 is 6.92 Å². The summed E-state index contributed by atoms with van der Waals surface area (Å²) in [6.07, 6.45) is 0. The molecule has 1 aliphatic heterocycles. The standard InChI is InChI=1S/C5H13ClN2P/c1-7-4-5-8(2)9(7,3)6/h4-5H2,1-3H3/q+1. The number of hydrogen-bond donors (Lipinski definition) is 0. The second-order valence-electron chi connectivity index (χ2n) is 2.57. The fourth-order valence-electron chi connectivity index (χ4n) is 0.915. The molecule has 1 aliphatic rings. The topological polar surface area (TPSA) is 6.48 Å². The predicted molar refractivity (Wildman–Crippen MR) is 44.0 cm³/mol. The van der Waals surface area contributed by atoms with Gasteiger partial charge in [-0.3, -0.25) is 0 Å². The molecule has 4 heteroatoms. The van der Waals surface area contributed by atoms with E-state index in [-0.39, 0.29) is 0 Å². The van der Waals surface area contributed by atoms with Gasteiger partial charge in [0.25, 0.3) is 6.92 Å². The highest BCUT2D eigenvalue weighted by molar-refractivity contribution is 7.94. The van der Waals surface area contributed by atoms with Crippen LogP contribution in [0.15, 0.2) is 0 Å². The predicted octanol–water partition coefficient (Wildman–Crippen LogP) is 1.49. The molecule has 0 spiro atoms. The maximum atomic E-state index is 6.23. The van der Waals surface area contributed by atoms with Crippen LogP contribution in [-0.4, -0.2) is 43.2 Å². The first-order chi connectivity index (χ1) is 4.05. The Kier molecular flexibility index (Phi) is 2.02. The van der Waals surface area contributed by atoms with Gasteiger partial charge in [0, 0.05) is 14.1 Å². The van der Waals surface area contributed by atoms with Crippen LogP contribution in [0.25, 0.3) is 0 Å². The average molecular weight is 168 g/mol. The minimum absolute atomic E-state index is 1.12. The molecule has 0 amide bonds. The van der Waals surface area contributed by atoms with Crippen molar-refractivity contribution in [1.82, 2.24) is 9.34 Å². The highest BCUT2D eigenvalue weighted by Gasteiger charge is 2.46. The van der Waals surface area contributed by atoms with Gasteiger partial charge in [-0.05, 0) is 0 Å². The van der Waals surface area contributed by atoms with Crippen LogP contribution in [-0.2, 0) is 0 Å². The summed E-state index contributed by atoms with van der Waals surface area (Å²) in [7, 11) is 4.18. The van der Waals surface area contributed by atoms with E-state index in [0.29, 0.717) is 0 Å². The number of hydrogen-bond acceptors (Lipinski definition) is 2. The first-order valence-corrected chi connectivity index (χ1v) is 6.09. The van der Waals surface area contributed by atoms with Gasteiger partial charge in [-0.2, -0.15) is 9.34 Å². The van der Waals surface area contributed by atoms with Gasteiger partial charge in [-0.15, -0.1) is 0 Å². The molecule has 0 aliphatic carbocycles. The highest BCUT2D eigenvalue weighted by atomic mass is 35.7. The Morgan fingerprint density at radius 1 is 1.22 bits per heavy atom. The Bertz CT molecular complexity index is 106. The third kappa shape index (κ3) is 1.22. The Morgan fingerprint density at radius 2 is 1.56 bits per heavy atom. The normalized spacial score (nSPS) is 29.3. The van der Waals surface area contributed by atoms with Crippen LogP contribution in [0, 0.1) is 0 Å². The maximum absolute atomic E-state index is 6.23. The van der Waals surface area contributed by atoms with Crippen LogP contribution in [0.5, 0.6) is 0 Å². The number of nitrogens with zero attached hydrogens (tertiary/aromatic N) is 2. The molecular formula is C5H13ClN2P+. The van der Waals surface area contributed by atoms with Crippen LogP contribution < -0.4 is 0 Å². The minimum atomic E-state index is -1.34. The van der Waals surface area contributed by atoms with Crippen molar-refractivity contribution in [3.8, 4) is 0 Å². The van der Waals surface area contributed by atoms with E-state index in [4.69, 9.17) is 11.2 Å². The van der Waals surface area contributed by atoms with Crippen LogP contribution in [0.2, 0.25) is 0 Å². The van der Waals surface area contributed by atoms with Crippen molar-refractivity contribution < 1.29 is 0 Å². The van der Waals surface area contributed by atoms with Gasteiger partial charge in [0.2, 0.25) is 0 Å². The van der Waals surface area contributed by atoms with Crippen molar-refractivity contribution in [2.45, 2.75) is 0 Å². The molecule has 9 heavy (non-hydrogen) atoms. The van der Waals surface area contributed by atoms with Crippen molar-refractivity contribution in [3.63, 3.8) is 0 Å². The van der Waals surface area contributed by atoms with E-state index >= 15 is 0 Å². The summed E-state index contributed by atoms with van der Waals surface area (Å²) in [5, 5.41) is 0. The molecule has 0 radical (unpaired) electrons. The summed E-state index contributed by atoms with van der Waals surface area (Å²) < 4.78 is 4.49. The molecule has 1 heterocycles. The molecule has 0 saturated carbocycles. The molecule has 0 aromatic heterocycles. The van der Waals surface area contributed by atoms with E-state index in [0.717, 1.165) is 13.1 Å². The summed E-state index contributed by atoms with van der Waals surface area (Å²) in [4.78, 5) is 0. The van der Waals surface area contributed by atoms with Gasteiger partial charge >= 0.3 is 0 Å². The molecule has 0 bridgehead atoms. The van der Waals surface area contributed by atoms with Crippen LogP contribution in [0.3, 0.4) is 0 Å². The fraction of sp³-hybridized carbons (Fsp3) is 1.00. The van der Waals surface area contributed by atoms with Gasteiger partial charge in [-0.25, -0.2) is 0 Å². The lowest BCUT2D eigenvalue weighted by molar-refractivity contribution is 0.553. The SMILES string of the molecule is CN1CCN(C)[P+]1(C)Cl. The van der Waals surface area contributed by atoms with E-state index in [1.165, 1.54) is 0 Å². The van der Waals surface area contributed by atoms with Crippen molar-refractivity contribution in [1.29, 1.82) is 0 Å². The summed E-state index contributed by atoms with van der Waals surface area (Å²) in [5.41, 5.74) is 0. The monoisotopic (exact) mass is 167 g/mol. The lowest BCUT2D eigenvalue weighted by Gasteiger charge is -2.19. The molecule has 2 nitrogen and oxygen atoms in total. The smallest absolute Gasteiger partial charge is 0.151 e. The van der Waals surface area contributed by atoms with Gasteiger partial charge in [0.1, 0.15) is 11.2 Å². The zero-order valence-electron chi connectivity index (χ0n) is 6.13. The number of likely N-dealkylation sites (N-methyl/N-ethyl adjacent to an activating group) is 2. The highest BCUT2D eigenvalue weighted by Crippen LogP contribution is 2.67. The summed E-state index contributed by atoms with van der Waals surface area (Å²) in [6.45, 7) is 3.02. The minimum Gasteiger partial charge on any atom is -0.151 e. The van der Waals surface area contributed by atoms with Gasteiger partial charge < -0.3 is 0 Å². The second-order valence-corrected chi connectivity index (χ2v) is 7.48. The van der Waals surface area contributed by atoms with Crippen molar-refractivity contribution in [2.75, 3.05) is 33.8 Å². The zero-order chi connectivity index (χ0) is 7.07. The fourth-order valence-corrected chi connectivity index (χ4v) is 2.80. The molecule has 0 N–H and O–H groups in total. The van der Waals surface area contributed by atoms with Crippen LogP contribution in [0.1, 0.15) is 0 Å². The van der Waals surface area contributed by atoms with E-state index in [2.05, 4.69) is 30.1 Å². The zero-order valence-corrected chi connectivity index (χ0v) is 7.78. The van der Waals surface area contributed by atoms with E-state index in [9.17, 15) is 0 Å². The molecule has 54 valence electrons. The van der Waals surface area contributed by atoms with E-state index in [1.807, 2.05) is 0 Å².